The highest BCUT2D eigenvalue weighted by Crippen LogP contribution is 2.27. The van der Waals surface area contributed by atoms with E-state index in [-0.39, 0.29) is 22.8 Å². The zero-order valence-electron chi connectivity index (χ0n) is 18.1. The molecule has 2 aliphatic heterocycles. The molecule has 1 atom stereocenters. The van der Waals surface area contributed by atoms with E-state index in [1.54, 1.807) is 18.4 Å². The fourth-order valence-electron chi connectivity index (χ4n) is 4.58. The smallest absolute Gasteiger partial charge is 0.243 e. The molecular formula is C23H30ClN3O4S. The molecule has 1 N–H and O–H groups in total. The van der Waals surface area contributed by atoms with Crippen LogP contribution in [0.4, 0.5) is 0 Å². The Morgan fingerprint density at radius 3 is 2.38 bits per heavy atom. The summed E-state index contributed by atoms with van der Waals surface area (Å²) < 4.78 is 32.8. The molecule has 7 nitrogen and oxygen atoms in total. The quantitative estimate of drug-likeness (QED) is 0.655. The molecule has 0 radical (unpaired) electrons. The van der Waals surface area contributed by atoms with E-state index in [1.807, 2.05) is 12.1 Å². The van der Waals surface area contributed by atoms with Gasteiger partial charge in [0.05, 0.1) is 17.2 Å². The number of carbonyl (C=O) groups excluding carboxylic acids is 1. The second-order valence-electron chi connectivity index (χ2n) is 8.51. The van der Waals surface area contributed by atoms with E-state index in [2.05, 4.69) is 10.2 Å². The summed E-state index contributed by atoms with van der Waals surface area (Å²) in [5.74, 6) is 0.670. The Morgan fingerprint density at radius 1 is 1.06 bits per heavy atom. The predicted octanol–water partition coefficient (Wildman–Crippen LogP) is 3.68. The fraction of sp³-hybridized carbons (Fsp3) is 0.522. The van der Waals surface area contributed by atoms with Crippen molar-refractivity contribution in [3.05, 3.63) is 53.4 Å². The second-order valence-corrected chi connectivity index (χ2v) is 10.9. The summed E-state index contributed by atoms with van der Waals surface area (Å²) in [6, 6.07) is 10.1. The first-order chi connectivity index (χ1) is 15.4. The number of hydrogen-bond acceptors (Lipinski definition) is 5. The summed E-state index contributed by atoms with van der Waals surface area (Å²) >= 11 is 5.87. The number of rotatable bonds is 7. The minimum Gasteiger partial charge on any atom is -0.468 e. The van der Waals surface area contributed by atoms with Gasteiger partial charge >= 0.3 is 0 Å². The third-order valence-corrected chi connectivity index (χ3v) is 8.61. The van der Waals surface area contributed by atoms with Crippen molar-refractivity contribution in [1.29, 1.82) is 0 Å². The van der Waals surface area contributed by atoms with Gasteiger partial charge in [0.1, 0.15) is 5.76 Å². The van der Waals surface area contributed by atoms with Gasteiger partial charge in [0.25, 0.3) is 0 Å². The number of nitrogens with zero attached hydrogens (tertiary/aromatic N) is 2. The number of halogens is 1. The van der Waals surface area contributed by atoms with E-state index in [0.29, 0.717) is 37.5 Å². The molecule has 3 heterocycles. The van der Waals surface area contributed by atoms with Gasteiger partial charge in [-0.25, -0.2) is 8.42 Å². The highest BCUT2D eigenvalue weighted by Gasteiger charge is 2.33. The van der Waals surface area contributed by atoms with E-state index in [9.17, 15) is 13.2 Å². The Bertz CT molecular complexity index is 981. The summed E-state index contributed by atoms with van der Waals surface area (Å²) in [5, 5.41) is 3.60. The molecule has 0 aliphatic carbocycles. The molecular weight excluding hydrogens is 450 g/mol. The van der Waals surface area contributed by atoms with Gasteiger partial charge in [-0.15, -0.1) is 0 Å². The Labute approximate surface area is 194 Å². The minimum atomic E-state index is -3.57. The number of amides is 1. The first-order valence-electron chi connectivity index (χ1n) is 11.3. The van der Waals surface area contributed by atoms with Crippen LogP contribution in [-0.2, 0) is 14.8 Å². The summed E-state index contributed by atoms with van der Waals surface area (Å²) in [6.45, 7) is 3.16. The molecule has 9 heteroatoms. The van der Waals surface area contributed by atoms with Crippen LogP contribution in [0.2, 0.25) is 5.02 Å². The van der Waals surface area contributed by atoms with Gasteiger partial charge in [0.15, 0.2) is 0 Å². The topological polar surface area (TPSA) is 82.9 Å². The molecule has 2 aromatic rings. The minimum absolute atomic E-state index is 0.0119. The number of likely N-dealkylation sites (tertiary alicyclic amines) is 1. The zero-order valence-corrected chi connectivity index (χ0v) is 19.7. The standard InChI is InChI=1S/C23H30ClN3O4S/c24-19-6-8-20(9-7-19)32(29,30)27-14-10-18(11-15-27)23(28)25-17-21(22-5-4-16-31-22)26-12-2-1-3-13-26/h4-9,16,18,21H,1-3,10-15,17H2,(H,25,28). The average Bonchev–Trinajstić information content (AvgIpc) is 3.35. The Hall–Kier alpha value is -1.87. The van der Waals surface area contributed by atoms with Gasteiger partial charge in [0.2, 0.25) is 15.9 Å². The summed E-state index contributed by atoms with van der Waals surface area (Å²) in [4.78, 5) is 15.5. The largest absolute Gasteiger partial charge is 0.468 e. The average molecular weight is 480 g/mol. The maximum atomic E-state index is 12.9. The number of carbonyl (C=O) groups is 1. The summed E-state index contributed by atoms with van der Waals surface area (Å²) in [5.41, 5.74) is 0. The lowest BCUT2D eigenvalue weighted by molar-refractivity contribution is -0.126. The maximum absolute atomic E-state index is 12.9. The van der Waals surface area contributed by atoms with Crippen LogP contribution in [0.15, 0.2) is 52.0 Å². The van der Waals surface area contributed by atoms with Crippen molar-refractivity contribution in [2.45, 2.75) is 43.0 Å². The molecule has 0 spiro atoms. The normalized spacial score (nSPS) is 20.2. The molecule has 1 unspecified atom stereocenters. The molecule has 1 aromatic carbocycles. The van der Waals surface area contributed by atoms with E-state index >= 15 is 0 Å². The van der Waals surface area contributed by atoms with Crippen molar-refractivity contribution in [2.24, 2.45) is 5.92 Å². The maximum Gasteiger partial charge on any atom is 0.243 e. The van der Waals surface area contributed by atoms with Crippen LogP contribution in [0, 0.1) is 5.92 Å². The lowest BCUT2D eigenvalue weighted by Crippen LogP contribution is -2.45. The lowest BCUT2D eigenvalue weighted by atomic mass is 9.97. The van der Waals surface area contributed by atoms with Gasteiger partial charge in [-0.05, 0) is 75.2 Å². The van der Waals surface area contributed by atoms with Crippen LogP contribution in [0.5, 0.6) is 0 Å². The molecule has 174 valence electrons. The van der Waals surface area contributed by atoms with E-state index in [0.717, 1.165) is 31.7 Å². The molecule has 2 fully saturated rings. The molecule has 0 saturated carbocycles. The van der Waals surface area contributed by atoms with E-state index in [1.165, 1.54) is 22.9 Å². The third kappa shape index (κ3) is 5.36. The van der Waals surface area contributed by atoms with Gasteiger partial charge in [-0.3, -0.25) is 9.69 Å². The van der Waals surface area contributed by atoms with E-state index < -0.39 is 10.0 Å². The van der Waals surface area contributed by atoms with Crippen molar-refractivity contribution in [3.8, 4) is 0 Å². The number of hydrogen-bond donors (Lipinski definition) is 1. The first-order valence-corrected chi connectivity index (χ1v) is 13.1. The number of furan rings is 1. The molecule has 2 aliphatic rings. The van der Waals surface area contributed by atoms with Crippen molar-refractivity contribution in [3.63, 3.8) is 0 Å². The van der Waals surface area contributed by atoms with E-state index in [4.69, 9.17) is 16.0 Å². The molecule has 4 rings (SSSR count). The monoisotopic (exact) mass is 479 g/mol. The summed E-state index contributed by atoms with van der Waals surface area (Å²) in [7, 11) is -3.57. The van der Waals surface area contributed by atoms with Crippen LogP contribution < -0.4 is 5.32 Å². The van der Waals surface area contributed by atoms with Gasteiger partial charge in [0, 0.05) is 30.6 Å². The van der Waals surface area contributed by atoms with Crippen LogP contribution in [0.1, 0.15) is 43.9 Å². The Balaban J connectivity index is 1.32. The van der Waals surface area contributed by atoms with Gasteiger partial charge < -0.3 is 9.73 Å². The SMILES string of the molecule is O=C(NCC(c1ccco1)N1CCCCC1)C1CCN(S(=O)(=O)c2ccc(Cl)cc2)CC1. The van der Waals surface area contributed by atoms with Crippen LogP contribution in [-0.4, -0.2) is 56.3 Å². The number of benzene rings is 1. The van der Waals surface area contributed by atoms with Crippen LogP contribution >= 0.6 is 11.6 Å². The third-order valence-electron chi connectivity index (χ3n) is 6.45. The zero-order chi connectivity index (χ0) is 22.6. The first kappa shape index (κ1) is 23.3. The molecule has 1 aromatic heterocycles. The van der Waals surface area contributed by atoms with Crippen LogP contribution in [0.3, 0.4) is 0 Å². The number of nitrogens with one attached hydrogen (secondary N) is 1. The highest BCUT2D eigenvalue weighted by molar-refractivity contribution is 7.89. The Kier molecular flexibility index (Phi) is 7.55. The lowest BCUT2D eigenvalue weighted by Gasteiger charge is -2.34. The fourth-order valence-corrected chi connectivity index (χ4v) is 6.17. The molecule has 2 saturated heterocycles. The van der Waals surface area contributed by atoms with Crippen LogP contribution in [0.25, 0.3) is 0 Å². The Morgan fingerprint density at radius 2 is 1.75 bits per heavy atom. The van der Waals surface area contributed by atoms with Crippen molar-refractivity contribution >= 4 is 27.5 Å². The molecule has 0 bridgehead atoms. The molecule has 1 amide bonds. The second kappa shape index (κ2) is 10.4. The van der Waals surface area contributed by atoms with Crippen molar-refractivity contribution in [2.75, 3.05) is 32.7 Å². The predicted molar refractivity (Wildman–Crippen MR) is 123 cm³/mol. The summed E-state index contributed by atoms with van der Waals surface area (Å²) in [6.07, 6.45) is 6.25. The highest BCUT2D eigenvalue weighted by atomic mass is 35.5. The number of piperidine rings is 2. The van der Waals surface area contributed by atoms with Crippen molar-refractivity contribution in [1.82, 2.24) is 14.5 Å². The van der Waals surface area contributed by atoms with Gasteiger partial charge in [-0.1, -0.05) is 18.0 Å². The molecule has 32 heavy (non-hydrogen) atoms. The number of sulfonamides is 1. The van der Waals surface area contributed by atoms with Gasteiger partial charge in [-0.2, -0.15) is 4.31 Å². The van der Waals surface area contributed by atoms with Crippen molar-refractivity contribution < 1.29 is 17.6 Å².